The molecule has 1 amide bonds. The van der Waals surface area contributed by atoms with E-state index in [0.717, 1.165) is 28.3 Å². The van der Waals surface area contributed by atoms with Crippen LogP contribution in [0.15, 0.2) is 72.8 Å². The van der Waals surface area contributed by atoms with Crippen molar-refractivity contribution in [2.75, 3.05) is 5.32 Å². The van der Waals surface area contributed by atoms with Crippen LogP contribution in [0.4, 0.5) is 5.69 Å². The van der Waals surface area contributed by atoms with Gasteiger partial charge in [-0.1, -0.05) is 90.1 Å². The molecule has 0 fully saturated rings. The molecule has 3 rings (SSSR count). The Morgan fingerprint density at radius 1 is 0.667 bits per heavy atom. The standard InChI is InChI=1S/C33H45NO3Si2/c1-32(2,3)38(7,8)36-29-23-20-26(24-30(29)37-39(9,10)33(4,5)6)17-16-25-18-21-27(22-19-25)31(35)34-28-14-12-11-13-15-28/h11-24H,1-10H3,(H,34,35)/b17-16+. The van der Waals surface area contributed by atoms with Crippen molar-refractivity contribution in [3.8, 4) is 11.5 Å². The van der Waals surface area contributed by atoms with E-state index in [1.54, 1.807) is 0 Å². The Morgan fingerprint density at radius 3 is 1.69 bits per heavy atom. The molecule has 0 aliphatic heterocycles. The molecule has 4 nitrogen and oxygen atoms in total. The van der Waals surface area contributed by atoms with Gasteiger partial charge in [0.2, 0.25) is 0 Å². The van der Waals surface area contributed by atoms with Crippen LogP contribution < -0.4 is 14.2 Å². The Kier molecular flexibility index (Phi) is 9.03. The lowest BCUT2D eigenvalue weighted by Crippen LogP contribution is -2.45. The summed E-state index contributed by atoms with van der Waals surface area (Å²) in [6.07, 6.45) is 4.13. The molecule has 0 saturated heterocycles. The van der Waals surface area contributed by atoms with Gasteiger partial charge in [0.15, 0.2) is 0 Å². The lowest BCUT2D eigenvalue weighted by atomic mass is 10.1. The normalized spacial score (nSPS) is 12.9. The monoisotopic (exact) mass is 559 g/mol. The minimum Gasteiger partial charge on any atom is -0.541 e. The molecular formula is C33H45NO3Si2. The summed E-state index contributed by atoms with van der Waals surface area (Å²) in [6, 6.07) is 23.3. The largest absolute Gasteiger partial charge is 0.541 e. The number of amides is 1. The molecule has 0 unspecified atom stereocenters. The molecule has 0 bridgehead atoms. The summed E-state index contributed by atoms with van der Waals surface area (Å²) >= 11 is 0. The summed E-state index contributed by atoms with van der Waals surface area (Å²) in [5, 5.41) is 3.08. The highest BCUT2D eigenvalue weighted by Gasteiger charge is 2.42. The van der Waals surface area contributed by atoms with Gasteiger partial charge in [-0.05, 0) is 83.8 Å². The molecular weight excluding hydrogens is 515 g/mol. The first-order chi connectivity index (χ1) is 18.0. The van der Waals surface area contributed by atoms with Crippen LogP contribution in [-0.2, 0) is 0 Å². The van der Waals surface area contributed by atoms with Crippen molar-refractivity contribution < 1.29 is 13.6 Å². The van der Waals surface area contributed by atoms with Gasteiger partial charge in [-0.25, -0.2) is 0 Å². The average Bonchev–Trinajstić information content (AvgIpc) is 2.83. The fourth-order valence-corrected chi connectivity index (χ4v) is 5.35. The second-order valence-electron chi connectivity index (χ2n) is 13.2. The Morgan fingerprint density at radius 2 is 1.15 bits per heavy atom. The molecule has 3 aromatic rings. The van der Waals surface area contributed by atoms with Crippen molar-refractivity contribution in [1.82, 2.24) is 0 Å². The molecule has 208 valence electrons. The van der Waals surface area contributed by atoms with E-state index in [9.17, 15) is 4.79 Å². The zero-order valence-electron chi connectivity index (χ0n) is 25.3. The van der Waals surface area contributed by atoms with Crippen LogP contribution in [0.3, 0.4) is 0 Å². The summed E-state index contributed by atoms with van der Waals surface area (Å²) in [5.41, 5.74) is 3.45. The molecule has 0 radical (unpaired) electrons. The van der Waals surface area contributed by atoms with Crippen LogP contribution in [-0.4, -0.2) is 22.5 Å². The van der Waals surface area contributed by atoms with Crippen LogP contribution in [0.1, 0.15) is 63.0 Å². The van der Waals surface area contributed by atoms with Gasteiger partial charge in [0.1, 0.15) is 11.5 Å². The van der Waals surface area contributed by atoms with Crippen molar-refractivity contribution in [2.24, 2.45) is 0 Å². The Labute approximate surface area is 237 Å². The first-order valence-electron chi connectivity index (χ1n) is 13.7. The number of anilines is 1. The maximum Gasteiger partial charge on any atom is 0.255 e. The van der Waals surface area contributed by atoms with E-state index in [1.807, 2.05) is 54.6 Å². The summed E-state index contributed by atoms with van der Waals surface area (Å²) in [7, 11) is -4.12. The van der Waals surface area contributed by atoms with Gasteiger partial charge >= 0.3 is 0 Å². The summed E-state index contributed by atoms with van der Waals surface area (Å²) < 4.78 is 13.5. The fourth-order valence-electron chi connectivity index (χ4n) is 3.31. The van der Waals surface area contributed by atoms with Crippen LogP contribution in [0.25, 0.3) is 12.2 Å². The summed E-state index contributed by atoms with van der Waals surface area (Å²) in [6.45, 7) is 22.6. The fraction of sp³-hybridized carbons (Fsp3) is 0.364. The number of benzene rings is 3. The number of hydrogen-bond acceptors (Lipinski definition) is 3. The Balaban J connectivity index is 1.84. The third-order valence-electron chi connectivity index (χ3n) is 7.98. The lowest BCUT2D eigenvalue weighted by molar-refractivity contribution is 0.102. The molecule has 0 saturated carbocycles. The van der Waals surface area contributed by atoms with E-state index in [2.05, 4.69) is 103 Å². The van der Waals surface area contributed by atoms with Crippen molar-refractivity contribution in [3.05, 3.63) is 89.5 Å². The predicted molar refractivity (Wildman–Crippen MR) is 172 cm³/mol. The molecule has 0 atom stereocenters. The van der Waals surface area contributed by atoms with Gasteiger partial charge in [-0.3, -0.25) is 4.79 Å². The third-order valence-corrected chi connectivity index (χ3v) is 16.7. The maximum atomic E-state index is 12.6. The first kappa shape index (κ1) is 30.4. The minimum atomic E-state index is -2.08. The molecule has 0 aromatic heterocycles. The van der Waals surface area contributed by atoms with E-state index in [0.29, 0.717) is 5.56 Å². The molecule has 0 aliphatic rings. The van der Waals surface area contributed by atoms with Crippen LogP contribution in [0, 0.1) is 0 Å². The number of para-hydroxylation sites is 1. The van der Waals surface area contributed by atoms with Crippen molar-refractivity contribution >= 4 is 40.4 Å². The smallest absolute Gasteiger partial charge is 0.255 e. The number of carbonyl (C=O) groups is 1. The Hall–Kier alpha value is -3.10. The Bertz CT molecular complexity index is 1300. The molecule has 0 aliphatic carbocycles. The lowest BCUT2D eigenvalue weighted by Gasteiger charge is -2.39. The molecule has 3 aromatic carbocycles. The highest BCUT2D eigenvalue weighted by molar-refractivity contribution is 6.75. The summed E-state index contributed by atoms with van der Waals surface area (Å²) in [5.74, 6) is 1.53. The van der Waals surface area contributed by atoms with Gasteiger partial charge in [-0.2, -0.15) is 0 Å². The van der Waals surface area contributed by atoms with Crippen molar-refractivity contribution in [2.45, 2.75) is 77.8 Å². The van der Waals surface area contributed by atoms with Crippen molar-refractivity contribution in [1.29, 1.82) is 0 Å². The average molecular weight is 560 g/mol. The van der Waals surface area contributed by atoms with E-state index < -0.39 is 16.6 Å². The molecule has 1 N–H and O–H groups in total. The second kappa shape index (κ2) is 11.6. The van der Waals surface area contributed by atoms with E-state index >= 15 is 0 Å². The predicted octanol–water partition coefficient (Wildman–Crippen LogP) is 9.88. The van der Waals surface area contributed by atoms with Gasteiger partial charge in [0, 0.05) is 11.3 Å². The summed E-state index contributed by atoms with van der Waals surface area (Å²) in [4.78, 5) is 12.6. The van der Waals surface area contributed by atoms with E-state index in [-0.39, 0.29) is 16.0 Å². The first-order valence-corrected chi connectivity index (χ1v) is 19.5. The SMILES string of the molecule is CC(C)(C)[Si](C)(C)Oc1ccc(/C=C/c2ccc(C(=O)Nc3ccccc3)cc2)cc1O[Si](C)(C)C(C)(C)C. The van der Waals surface area contributed by atoms with Gasteiger partial charge < -0.3 is 14.2 Å². The number of nitrogens with one attached hydrogen (secondary N) is 1. The molecule has 0 heterocycles. The number of hydrogen-bond donors (Lipinski definition) is 1. The molecule has 39 heavy (non-hydrogen) atoms. The quantitative estimate of drug-likeness (QED) is 0.221. The molecule has 6 heteroatoms. The highest BCUT2D eigenvalue weighted by atomic mass is 28.4. The second-order valence-corrected chi connectivity index (χ2v) is 22.7. The zero-order chi connectivity index (χ0) is 29.1. The maximum absolute atomic E-state index is 12.6. The van der Waals surface area contributed by atoms with Crippen LogP contribution >= 0.6 is 0 Å². The molecule has 0 spiro atoms. The number of carbonyl (C=O) groups excluding carboxylic acids is 1. The topological polar surface area (TPSA) is 47.6 Å². The van der Waals surface area contributed by atoms with Gasteiger partial charge in [-0.15, -0.1) is 0 Å². The highest BCUT2D eigenvalue weighted by Crippen LogP contribution is 2.43. The van der Waals surface area contributed by atoms with Crippen LogP contribution in [0.5, 0.6) is 11.5 Å². The zero-order valence-corrected chi connectivity index (χ0v) is 27.3. The van der Waals surface area contributed by atoms with Crippen LogP contribution in [0.2, 0.25) is 36.3 Å². The third kappa shape index (κ3) is 7.96. The van der Waals surface area contributed by atoms with E-state index in [1.165, 1.54) is 0 Å². The van der Waals surface area contributed by atoms with E-state index in [4.69, 9.17) is 8.85 Å². The van der Waals surface area contributed by atoms with Gasteiger partial charge in [0.05, 0.1) is 0 Å². The minimum absolute atomic E-state index is 0.0711. The van der Waals surface area contributed by atoms with Gasteiger partial charge in [0.25, 0.3) is 22.5 Å². The van der Waals surface area contributed by atoms with Crippen molar-refractivity contribution in [3.63, 3.8) is 0 Å². The number of rotatable bonds is 8.